The van der Waals surface area contributed by atoms with Crippen molar-refractivity contribution in [2.45, 2.75) is 38.6 Å². The number of hydrogen-bond acceptors (Lipinski definition) is 4. The van der Waals surface area contributed by atoms with Crippen LogP contribution in [-0.4, -0.2) is 15.5 Å². The molecule has 2 heterocycles. The predicted molar refractivity (Wildman–Crippen MR) is 76.5 cm³/mol. The van der Waals surface area contributed by atoms with Crippen LogP contribution in [-0.2, 0) is 6.42 Å². The van der Waals surface area contributed by atoms with E-state index in [0.29, 0.717) is 0 Å². The first-order valence-electron chi connectivity index (χ1n) is 6.19. The molecule has 2 N–H and O–H groups in total. The zero-order chi connectivity index (χ0) is 13.0. The lowest BCUT2D eigenvalue weighted by atomic mass is 9.99. The van der Waals surface area contributed by atoms with Crippen LogP contribution >= 0.6 is 11.3 Å². The van der Waals surface area contributed by atoms with Gasteiger partial charge in [0.15, 0.2) is 0 Å². The smallest absolute Gasteiger partial charge is 0.0998 e. The highest BCUT2D eigenvalue weighted by Gasteiger charge is 2.11. The molecule has 2 rings (SSSR count). The van der Waals surface area contributed by atoms with Crippen molar-refractivity contribution in [2.24, 2.45) is 5.73 Å². The summed E-state index contributed by atoms with van der Waals surface area (Å²) in [6.45, 7) is 4.13. The van der Waals surface area contributed by atoms with E-state index in [-0.39, 0.29) is 5.54 Å². The molecule has 0 aromatic carbocycles. The monoisotopic (exact) mass is 261 g/mol. The highest BCUT2D eigenvalue weighted by atomic mass is 32.1. The summed E-state index contributed by atoms with van der Waals surface area (Å²) in [5.74, 6) is 0. The number of aromatic nitrogens is 2. The highest BCUT2D eigenvalue weighted by Crippen LogP contribution is 2.21. The molecule has 0 aliphatic rings. The van der Waals surface area contributed by atoms with E-state index >= 15 is 0 Å². The van der Waals surface area contributed by atoms with Gasteiger partial charge in [-0.25, -0.2) is 4.98 Å². The molecular weight excluding hydrogens is 242 g/mol. The third-order valence-corrected chi connectivity index (χ3v) is 3.60. The second-order valence-electron chi connectivity index (χ2n) is 5.18. The summed E-state index contributed by atoms with van der Waals surface area (Å²) in [6.07, 6.45) is 4.90. The van der Waals surface area contributed by atoms with Crippen molar-refractivity contribution in [3.05, 3.63) is 34.8 Å². The Morgan fingerprint density at radius 3 is 2.78 bits per heavy atom. The molecule has 0 spiro atoms. The molecule has 0 unspecified atom stereocenters. The maximum atomic E-state index is 5.97. The molecular formula is C14H19N3S. The summed E-state index contributed by atoms with van der Waals surface area (Å²) in [5.41, 5.74) is 7.80. The van der Waals surface area contributed by atoms with Crippen LogP contribution in [0.25, 0.3) is 11.4 Å². The van der Waals surface area contributed by atoms with Crippen molar-refractivity contribution < 1.29 is 0 Å². The molecule has 2 aromatic rings. The topological polar surface area (TPSA) is 51.8 Å². The number of rotatable bonds is 5. The van der Waals surface area contributed by atoms with E-state index in [1.165, 1.54) is 5.01 Å². The fraction of sp³-hybridized carbons (Fsp3) is 0.429. The van der Waals surface area contributed by atoms with Crippen molar-refractivity contribution in [2.75, 3.05) is 0 Å². The molecule has 4 heteroatoms. The van der Waals surface area contributed by atoms with E-state index in [4.69, 9.17) is 5.73 Å². The second-order valence-corrected chi connectivity index (χ2v) is 6.13. The van der Waals surface area contributed by atoms with E-state index in [9.17, 15) is 0 Å². The molecule has 0 aliphatic carbocycles. The van der Waals surface area contributed by atoms with Gasteiger partial charge in [-0.3, -0.25) is 4.98 Å². The van der Waals surface area contributed by atoms with Crippen molar-refractivity contribution in [1.82, 2.24) is 9.97 Å². The predicted octanol–water partition coefficient (Wildman–Crippen LogP) is 3.27. The average molecular weight is 261 g/mol. The number of nitrogens with zero attached hydrogens (tertiary/aromatic N) is 2. The molecule has 0 saturated carbocycles. The van der Waals surface area contributed by atoms with Gasteiger partial charge in [-0.1, -0.05) is 6.07 Å². The SMILES string of the molecule is CC(C)(N)CCCc1nc(-c2ccccn2)cs1. The average Bonchev–Trinajstić information content (AvgIpc) is 2.77. The zero-order valence-corrected chi connectivity index (χ0v) is 11.7. The third-order valence-electron chi connectivity index (χ3n) is 2.69. The summed E-state index contributed by atoms with van der Waals surface area (Å²) >= 11 is 1.70. The van der Waals surface area contributed by atoms with Gasteiger partial charge < -0.3 is 5.73 Å². The molecule has 0 amide bonds. The molecule has 0 saturated heterocycles. The second kappa shape index (κ2) is 5.59. The Balaban J connectivity index is 1.95. The minimum absolute atomic E-state index is 0.0823. The van der Waals surface area contributed by atoms with Gasteiger partial charge in [-0.05, 0) is 45.2 Å². The van der Waals surface area contributed by atoms with Gasteiger partial charge in [-0.15, -0.1) is 11.3 Å². The van der Waals surface area contributed by atoms with Gasteiger partial charge in [0.25, 0.3) is 0 Å². The Morgan fingerprint density at radius 2 is 2.11 bits per heavy atom. The maximum absolute atomic E-state index is 5.97. The minimum Gasteiger partial charge on any atom is -0.326 e. The van der Waals surface area contributed by atoms with Crippen LogP contribution < -0.4 is 5.73 Å². The molecule has 96 valence electrons. The lowest BCUT2D eigenvalue weighted by Crippen LogP contribution is -2.31. The summed E-state index contributed by atoms with van der Waals surface area (Å²) < 4.78 is 0. The van der Waals surface area contributed by atoms with E-state index < -0.39 is 0 Å². The van der Waals surface area contributed by atoms with Crippen LogP contribution in [0.5, 0.6) is 0 Å². The molecule has 0 radical (unpaired) electrons. The Hall–Kier alpha value is -1.26. The number of nitrogens with two attached hydrogens (primary N) is 1. The molecule has 0 aliphatic heterocycles. The first kappa shape index (κ1) is 13.2. The highest BCUT2D eigenvalue weighted by molar-refractivity contribution is 7.09. The molecule has 0 atom stereocenters. The first-order valence-corrected chi connectivity index (χ1v) is 7.07. The molecule has 3 nitrogen and oxygen atoms in total. The quantitative estimate of drug-likeness (QED) is 0.898. The summed E-state index contributed by atoms with van der Waals surface area (Å²) in [6, 6.07) is 5.89. The van der Waals surface area contributed by atoms with E-state index in [1.54, 1.807) is 17.5 Å². The van der Waals surface area contributed by atoms with Crippen LogP contribution in [0.15, 0.2) is 29.8 Å². The van der Waals surface area contributed by atoms with E-state index in [2.05, 4.69) is 29.2 Å². The largest absolute Gasteiger partial charge is 0.326 e. The Labute approximate surface area is 112 Å². The lowest BCUT2D eigenvalue weighted by molar-refractivity contribution is 0.459. The van der Waals surface area contributed by atoms with Crippen molar-refractivity contribution in [1.29, 1.82) is 0 Å². The fourth-order valence-corrected chi connectivity index (χ4v) is 2.59. The first-order chi connectivity index (χ1) is 8.54. The van der Waals surface area contributed by atoms with Crippen molar-refractivity contribution in [3.63, 3.8) is 0 Å². The third kappa shape index (κ3) is 3.89. The van der Waals surface area contributed by atoms with Gasteiger partial charge in [-0.2, -0.15) is 0 Å². The lowest BCUT2D eigenvalue weighted by Gasteiger charge is -2.17. The number of pyridine rings is 1. The Kier molecular flexibility index (Phi) is 4.09. The van der Waals surface area contributed by atoms with Crippen LogP contribution in [0, 0.1) is 0 Å². The van der Waals surface area contributed by atoms with Crippen molar-refractivity contribution >= 4 is 11.3 Å². The molecule has 2 aromatic heterocycles. The molecule has 0 bridgehead atoms. The summed E-state index contributed by atoms with van der Waals surface area (Å²) in [5, 5.41) is 3.24. The molecule has 18 heavy (non-hydrogen) atoms. The summed E-state index contributed by atoms with van der Waals surface area (Å²) in [4.78, 5) is 8.92. The fourth-order valence-electron chi connectivity index (χ4n) is 1.75. The van der Waals surface area contributed by atoms with Crippen molar-refractivity contribution in [3.8, 4) is 11.4 Å². The van der Waals surface area contributed by atoms with Gasteiger partial charge in [0.2, 0.25) is 0 Å². The standard InChI is InChI=1S/C14H19N3S/c1-14(2,15)8-5-7-13-17-12(10-18-13)11-6-3-4-9-16-11/h3-4,6,9-10H,5,7-8,15H2,1-2H3. The van der Waals surface area contributed by atoms with Gasteiger partial charge >= 0.3 is 0 Å². The van der Waals surface area contributed by atoms with Gasteiger partial charge in [0.1, 0.15) is 0 Å². The number of aryl methyl sites for hydroxylation is 1. The maximum Gasteiger partial charge on any atom is 0.0998 e. The van der Waals surface area contributed by atoms with E-state index in [1.807, 2.05) is 18.2 Å². The van der Waals surface area contributed by atoms with Crippen LogP contribution in [0.4, 0.5) is 0 Å². The Bertz CT molecular complexity index is 485. The summed E-state index contributed by atoms with van der Waals surface area (Å²) in [7, 11) is 0. The normalized spacial score (nSPS) is 11.7. The molecule has 0 fully saturated rings. The van der Waals surface area contributed by atoms with Crippen LogP contribution in [0.1, 0.15) is 31.7 Å². The van der Waals surface area contributed by atoms with Crippen LogP contribution in [0.3, 0.4) is 0 Å². The van der Waals surface area contributed by atoms with E-state index in [0.717, 1.165) is 30.7 Å². The van der Waals surface area contributed by atoms with Gasteiger partial charge in [0, 0.05) is 17.1 Å². The number of hydrogen-bond donors (Lipinski definition) is 1. The Morgan fingerprint density at radius 1 is 1.28 bits per heavy atom. The van der Waals surface area contributed by atoms with Crippen LogP contribution in [0.2, 0.25) is 0 Å². The minimum atomic E-state index is -0.0823. The zero-order valence-electron chi connectivity index (χ0n) is 10.9. The van der Waals surface area contributed by atoms with Gasteiger partial charge in [0.05, 0.1) is 16.4 Å². The number of thiazole rings is 1.